The zero-order chi connectivity index (χ0) is 12.6. The van der Waals surface area contributed by atoms with Crippen molar-refractivity contribution in [3.63, 3.8) is 0 Å². The van der Waals surface area contributed by atoms with Crippen LogP contribution in [0.3, 0.4) is 0 Å². The van der Waals surface area contributed by atoms with E-state index in [4.69, 9.17) is 0 Å². The number of likely N-dealkylation sites (tertiary alicyclic amines) is 1. The summed E-state index contributed by atoms with van der Waals surface area (Å²) in [6.07, 6.45) is 3.55. The maximum Gasteiger partial charge on any atom is 0.270 e. The SMILES string of the molecule is CCCC1(O)CN(C(=O)c2cc(Br)cn2C)C1. The number of aromatic nitrogens is 1. The van der Waals surface area contributed by atoms with Crippen molar-refractivity contribution in [1.29, 1.82) is 0 Å². The Morgan fingerprint density at radius 2 is 2.24 bits per heavy atom. The van der Waals surface area contributed by atoms with Gasteiger partial charge in [0.1, 0.15) is 5.69 Å². The monoisotopic (exact) mass is 300 g/mol. The van der Waals surface area contributed by atoms with Gasteiger partial charge in [-0.2, -0.15) is 0 Å². The van der Waals surface area contributed by atoms with Crippen molar-refractivity contribution in [2.45, 2.75) is 25.4 Å². The molecule has 1 aliphatic heterocycles. The molecule has 17 heavy (non-hydrogen) atoms. The lowest BCUT2D eigenvalue weighted by molar-refractivity contribution is -0.0862. The summed E-state index contributed by atoms with van der Waals surface area (Å²) in [6, 6.07) is 1.81. The van der Waals surface area contributed by atoms with E-state index < -0.39 is 5.60 Å². The van der Waals surface area contributed by atoms with Crippen LogP contribution in [0.5, 0.6) is 0 Å². The predicted molar refractivity (Wildman–Crippen MR) is 68.9 cm³/mol. The molecule has 0 unspecified atom stereocenters. The first-order valence-corrected chi connectivity index (χ1v) is 6.58. The van der Waals surface area contributed by atoms with Gasteiger partial charge >= 0.3 is 0 Å². The van der Waals surface area contributed by atoms with Crippen molar-refractivity contribution >= 4 is 21.8 Å². The van der Waals surface area contributed by atoms with E-state index in [9.17, 15) is 9.90 Å². The van der Waals surface area contributed by atoms with Crippen LogP contribution in [0, 0.1) is 0 Å². The summed E-state index contributed by atoms with van der Waals surface area (Å²) in [5.74, 6) is -0.0148. The molecular formula is C12H17BrN2O2. The molecule has 1 aromatic rings. The number of nitrogens with zero attached hydrogens (tertiary/aromatic N) is 2. The Balaban J connectivity index is 2.02. The number of hydrogen-bond acceptors (Lipinski definition) is 2. The minimum absolute atomic E-state index is 0.0148. The standard InChI is InChI=1S/C12H17BrN2O2/c1-3-4-12(17)7-15(8-12)11(16)10-5-9(13)6-14(10)2/h5-6,17H,3-4,7-8H2,1-2H3. The van der Waals surface area contributed by atoms with Crippen LogP contribution in [0.1, 0.15) is 30.3 Å². The van der Waals surface area contributed by atoms with Crippen molar-refractivity contribution in [1.82, 2.24) is 9.47 Å². The maximum absolute atomic E-state index is 12.1. The third kappa shape index (κ3) is 2.40. The number of amides is 1. The van der Waals surface area contributed by atoms with E-state index in [-0.39, 0.29) is 5.91 Å². The van der Waals surface area contributed by atoms with Crippen molar-refractivity contribution < 1.29 is 9.90 Å². The largest absolute Gasteiger partial charge is 0.386 e. The van der Waals surface area contributed by atoms with Gasteiger partial charge in [0.05, 0.1) is 18.7 Å². The van der Waals surface area contributed by atoms with Gasteiger partial charge in [0.15, 0.2) is 0 Å². The molecule has 0 radical (unpaired) electrons. The first kappa shape index (κ1) is 12.6. The molecule has 0 bridgehead atoms. The number of hydrogen-bond donors (Lipinski definition) is 1. The highest BCUT2D eigenvalue weighted by atomic mass is 79.9. The first-order valence-electron chi connectivity index (χ1n) is 5.79. The number of carbonyl (C=O) groups excluding carboxylic acids is 1. The minimum Gasteiger partial charge on any atom is -0.386 e. The summed E-state index contributed by atoms with van der Waals surface area (Å²) in [5.41, 5.74) is -0.0114. The van der Waals surface area contributed by atoms with Gasteiger partial charge in [-0.15, -0.1) is 0 Å². The summed E-state index contributed by atoms with van der Waals surface area (Å²) in [4.78, 5) is 13.8. The van der Waals surface area contributed by atoms with E-state index >= 15 is 0 Å². The molecule has 1 amide bonds. The molecule has 1 aliphatic rings. The Kier molecular flexibility index (Phi) is 3.32. The van der Waals surface area contributed by atoms with Crippen LogP contribution in [0.15, 0.2) is 16.7 Å². The number of carbonyl (C=O) groups is 1. The van der Waals surface area contributed by atoms with Gasteiger partial charge in [0.2, 0.25) is 0 Å². The minimum atomic E-state index is -0.660. The van der Waals surface area contributed by atoms with Crippen LogP contribution < -0.4 is 0 Å². The second-order valence-corrected chi connectivity index (χ2v) is 5.71. The zero-order valence-corrected chi connectivity index (χ0v) is 11.7. The summed E-state index contributed by atoms with van der Waals surface area (Å²) < 4.78 is 2.69. The topological polar surface area (TPSA) is 45.5 Å². The van der Waals surface area contributed by atoms with Gasteiger partial charge in [-0.25, -0.2) is 0 Å². The van der Waals surface area contributed by atoms with Crippen molar-refractivity contribution in [2.24, 2.45) is 7.05 Å². The number of halogens is 1. The fourth-order valence-electron chi connectivity index (χ4n) is 2.33. The fraction of sp³-hybridized carbons (Fsp3) is 0.583. The van der Waals surface area contributed by atoms with Crippen LogP contribution in [0.2, 0.25) is 0 Å². The highest BCUT2D eigenvalue weighted by molar-refractivity contribution is 9.10. The van der Waals surface area contributed by atoms with Gasteiger partial charge in [0, 0.05) is 17.7 Å². The molecular weight excluding hydrogens is 284 g/mol. The fourth-order valence-corrected chi connectivity index (χ4v) is 2.85. The van der Waals surface area contributed by atoms with Crippen LogP contribution >= 0.6 is 15.9 Å². The number of rotatable bonds is 3. The highest BCUT2D eigenvalue weighted by Crippen LogP contribution is 2.27. The van der Waals surface area contributed by atoms with Gasteiger partial charge in [-0.3, -0.25) is 4.79 Å². The summed E-state index contributed by atoms with van der Waals surface area (Å²) >= 11 is 3.35. The van der Waals surface area contributed by atoms with Gasteiger partial charge in [0.25, 0.3) is 5.91 Å². The Morgan fingerprint density at radius 3 is 2.71 bits per heavy atom. The normalized spacial score (nSPS) is 18.0. The van der Waals surface area contributed by atoms with E-state index in [1.807, 2.05) is 20.2 Å². The molecule has 0 spiro atoms. The molecule has 1 N–H and O–H groups in total. The van der Waals surface area contributed by atoms with E-state index in [0.29, 0.717) is 18.8 Å². The van der Waals surface area contributed by atoms with Crippen LogP contribution in [-0.2, 0) is 7.05 Å². The van der Waals surface area contributed by atoms with Gasteiger partial charge in [-0.1, -0.05) is 13.3 Å². The maximum atomic E-state index is 12.1. The zero-order valence-electron chi connectivity index (χ0n) is 10.1. The van der Waals surface area contributed by atoms with Crippen molar-refractivity contribution in [3.05, 3.63) is 22.4 Å². The molecule has 1 saturated heterocycles. The average molecular weight is 301 g/mol. The Morgan fingerprint density at radius 1 is 1.59 bits per heavy atom. The molecule has 0 aliphatic carbocycles. The third-order valence-corrected chi connectivity index (χ3v) is 3.60. The van der Waals surface area contributed by atoms with Crippen LogP contribution in [0.4, 0.5) is 0 Å². The molecule has 1 fully saturated rings. The second-order valence-electron chi connectivity index (χ2n) is 4.79. The van der Waals surface area contributed by atoms with Gasteiger partial charge < -0.3 is 14.6 Å². The lowest BCUT2D eigenvalue weighted by atomic mass is 9.89. The summed E-state index contributed by atoms with van der Waals surface area (Å²) in [5, 5.41) is 10.0. The summed E-state index contributed by atoms with van der Waals surface area (Å²) in [6.45, 7) is 2.93. The molecule has 0 atom stereocenters. The molecule has 0 aromatic carbocycles. The Hall–Kier alpha value is -0.810. The van der Waals surface area contributed by atoms with Crippen LogP contribution in [-0.4, -0.2) is 39.2 Å². The van der Waals surface area contributed by atoms with Crippen molar-refractivity contribution in [3.8, 4) is 0 Å². The molecule has 2 rings (SSSR count). The third-order valence-electron chi connectivity index (χ3n) is 3.16. The van der Waals surface area contributed by atoms with E-state index in [2.05, 4.69) is 15.9 Å². The lowest BCUT2D eigenvalue weighted by Crippen LogP contribution is -2.63. The smallest absolute Gasteiger partial charge is 0.270 e. The number of aryl methyl sites for hydroxylation is 1. The molecule has 1 aromatic heterocycles. The van der Waals surface area contributed by atoms with Crippen LogP contribution in [0.25, 0.3) is 0 Å². The average Bonchev–Trinajstić information content (AvgIpc) is 2.53. The quantitative estimate of drug-likeness (QED) is 0.925. The van der Waals surface area contributed by atoms with E-state index in [0.717, 1.165) is 17.3 Å². The molecule has 0 saturated carbocycles. The first-order chi connectivity index (χ1) is 7.95. The second kappa shape index (κ2) is 4.46. The number of aliphatic hydroxyl groups is 1. The molecule has 94 valence electrons. The summed E-state index contributed by atoms with van der Waals surface area (Å²) in [7, 11) is 1.84. The highest BCUT2D eigenvalue weighted by Gasteiger charge is 2.43. The molecule has 5 heteroatoms. The van der Waals surface area contributed by atoms with Crippen molar-refractivity contribution in [2.75, 3.05) is 13.1 Å². The van der Waals surface area contributed by atoms with E-state index in [1.54, 1.807) is 15.5 Å². The molecule has 2 heterocycles. The predicted octanol–water partition coefficient (Wildman–Crippen LogP) is 1.77. The van der Waals surface area contributed by atoms with Gasteiger partial charge in [-0.05, 0) is 28.4 Å². The van der Waals surface area contributed by atoms with E-state index in [1.165, 1.54) is 0 Å². The number of β-amino-alcohol motifs (C(OH)–C–C–N with tert-alkyl or cyclic N) is 1. The lowest BCUT2D eigenvalue weighted by Gasteiger charge is -2.46. The Labute approximate surface area is 109 Å². The Bertz CT molecular complexity index is 436. The molecule has 4 nitrogen and oxygen atoms in total.